The number of hydrogen-bond acceptors (Lipinski definition) is 2. The average molecular weight is 365 g/mol. The third kappa shape index (κ3) is 2.73. The van der Waals surface area contributed by atoms with Crippen molar-refractivity contribution >= 4 is 38.5 Å². The molecule has 2 aromatic carbocycles. The highest BCUT2D eigenvalue weighted by Gasteiger charge is 2.19. The molecule has 2 nitrogen and oxygen atoms in total. The van der Waals surface area contributed by atoms with Crippen molar-refractivity contribution in [3.05, 3.63) is 68.8 Å². The zero-order valence-corrected chi connectivity index (χ0v) is 14.1. The highest BCUT2D eigenvalue weighted by atomic mass is 79.9. The van der Waals surface area contributed by atoms with Gasteiger partial charge in [0.2, 0.25) is 0 Å². The van der Waals surface area contributed by atoms with Crippen LogP contribution in [0, 0.1) is 6.92 Å². The van der Waals surface area contributed by atoms with Crippen LogP contribution in [-0.4, -0.2) is 7.05 Å². The number of hydrogen-bond donors (Lipinski definition) is 1. The molecule has 1 unspecified atom stereocenters. The van der Waals surface area contributed by atoms with E-state index in [4.69, 9.17) is 16.0 Å². The van der Waals surface area contributed by atoms with Crippen LogP contribution in [-0.2, 0) is 0 Å². The lowest BCUT2D eigenvalue weighted by molar-refractivity contribution is 0.489. The summed E-state index contributed by atoms with van der Waals surface area (Å²) in [6, 6.07) is 14.0. The molecule has 3 aromatic rings. The minimum atomic E-state index is -0.0246. The number of halogens is 2. The summed E-state index contributed by atoms with van der Waals surface area (Å²) in [6.07, 6.45) is 0. The van der Waals surface area contributed by atoms with E-state index < -0.39 is 0 Å². The van der Waals surface area contributed by atoms with Crippen LogP contribution in [0.25, 0.3) is 11.0 Å². The summed E-state index contributed by atoms with van der Waals surface area (Å²) in [4.78, 5) is 0. The Labute approximate surface area is 137 Å². The molecule has 0 aliphatic rings. The van der Waals surface area contributed by atoms with E-state index in [-0.39, 0.29) is 6.04 Å². The van der Waals surface area contributed by atoms with Gasteiger partial charge in [-0.15, -0.1) is 0 Å². The van der Waals surface area contributed by atoms with Crippen molar-refractivity contribution in [2.75, 3.05) is 7.05 Å². The molecule has 0 saturated heterocycles. The predicted molar refractivity (Wildman–Crippen MR) is 91.0 cm³/mol. The number of para-hydroxylation sites is 1. The van der Waals surface area contributed by atoms with Crippen LogP contribution in [0.3, 0.4) is 0 Å². The van der Waals surface area contributed by atoms with E-state index in [1.165, 1.54) is 0 Å². The van der Waals surface area contributed by atoms with Crippen LogP contribution >= 0.6 is 27.5 Å². The highest BCUT2D eigenvalue weighted by molar-refractivity contribution is 9.10. The Balaban J connectivity index is 2.11. The molecule has 0 saturated carbocycles. The van der Waals surface area contributed by atoms with Gasteiger partial charge in [-0.3, -0.25) is 0 Å². The molecule has 0 fully saturated rings. The SMILES string of the molecule is CNC(c1cc2cccc(C)c2o1)c1ccc(Cl)cc1Br. The van der Waals surface area contributed by atoms with Crippen molar-refractivity contribution in [3.63, 3.8) is 0 Å². The first-order valence-electron chi connectivity index (χ1n) is 6.71. The first kappa shape index (κ1) is 14.6. The lowest BCUT2D eigenvalue weighted by atomic mass is 10.0. The maximum absolute atomic E-state index is 6.08. The smallest absolute Gasteiger partial charge is 0.137 e. The Morgan fingerprint density at radius 3 is 2.67 bits per heavy atom. The lowest BCUT2D eigenvalue weighted by Gasteiger charge is -2.16. The summed E-state index contributed by atoms with van der Waals surface area (Å²) in [6.45, 7) is 2.06. The number of benzene rings is 2. The van der Waals surface area contributed by atoms with Gasteiger partial charge in [-0.05, 0) is 43.3 Å². The summed E-state index contributed by atoms with van der Waals surface area (Å²) in [5.41, 5.74) is 3.18. The van der Waals surface area contributed by atoms with Gasteiger partial charge in [0.25, 0.3) is 0 Å². The molecular weight excluding hydrogens is 350 g/mol. The van der Waals surface area contributed by atoms with Gasteiger partial charge >= 0.3 is 0 Å². The third-order valence-electron chi connectivity index (χ3n) is 3.61. The summed E-state index contributed by atoms with van der Waals surface area (Å²) < 4.78 is 7.04. The zero-order chi connectivity index (χ0) is 15.0. The lowest BCUT2D eigenvalue weighted by Crippen LogP contribution is -2.17. The van der Waals surface area contributed by atoms with Crippen LogP contribution < -0.4 is 5.32 Å². The Hall–Kier alpha value is -1.29. The summed E-state index contributed by atoms with van der Waals surface area (Å²) >= 11 is 9.60. The van der Waals surface area contributed by atoms with Crippen LogP contribution in [0.4, 0.5) is 0 Å². The Kier molecular flexibility index (Phi) is 4.07. The van der Waals surface area contributed by atoms with Gasteiger partial charge in [0.15, 0.2) is 0 Å². The second-order valence-corrected chi connectivity index (χ2v) is 6.32. The first-order chi connectivity index (χ1) is 10.1. The maximum Gasteiger partial charge on any atom is 0.137 e. The van der Waals surface area contributed by atoms with Gasteiger partial charge in [0, 0.05) is 14.9 Å². The fourth-order valence-corrected chi connectivity index (χ4v) is 3.47. The molecule has 1 aromatic heterocycles. The quantitative estimate of drug-likeness (QED) is 0.667. The van der Waals surface area contributed by atoms with E-state index in [0.717, 1.165) is 32.3 Å². The molecule has 21 heavy (non-hydrogen) atoms. The fraction of sp³-hybridized carbons (Fsp3) is 0.176. The van der Waals surface area contributed by atoms with Gasteiger partial charge in [0.05, 0.1) is 6.04 Å². The predicted octanol–water partition coefficient (Wildman–Crippen LogP) is 5.47. The molecule has 0 bridgehead atoms. The van der Waals surface area contributed by atoms with Crippen molar-refractivity contribution in [1.82, 2.24) is 5.32 Å². The van der Waals surface area contributed by atoms with E-state index in [2.05, 4.69) is 46.4 Å². The number of rotatable bonds is 3. The highest BCUT2D eigenvalue weighted by Crippen LogP contribution is 2.34. The second-order valence-electron chi connectivity index (χ2n) is 5.03. The van der Waals surface area contributed by atoms with Crippen molar-refractivity contribution < 1.29 is 4.42 Å². The normalized spacial score (nSPS) is 12.8. The largest absolute Gasteiger partial charge is 0.459 e. The minimum absolute atomic E-state index is 0.0246. The van der Waals surface area contributed by atoms with Crippen LogP contribution in [0.2, 0.25) is 5.02 Å². The zero-order valence-electron chi connectivity index (χ0n) is 11.8. The molecule has 0 aliphatic heterocycles. The van der Waals surface area contributed by atoms with Gasteiger partial charge in [-0.1, -0.05) is 51.8 Å². The van der Waals surface area contributed by atoms with E-state index >= 15 is 0 Å². The van der Waals surface area contributed by atoms with Crippen molar-refractivity contribution in [2.24, 2.45) is 0 Å². The van der Waals surface area contributed by atoms with Crippen molar-refractivity contribution in [2.45, 2.75) is 13.0 Å². The molecule has 1 heterocycles. The van der Waals surface area contributed by atoms with Gasteiger partial charge < -0.3 is 9.73 Å². The third-order valence-corrected chi connectivity index (χ3v) is 4.53. The van der Waals surface area contributed by atoms with Gasteiger partial charge in [0.1, 0.15) is 11.3 Å². The molecule has 4 heteroatoms. The number of aryl methyl sites for hydroxylation is 1. The fourth-order valence-electron chi connectivity index (χ4n) is 2.56. The Morgan fingerprint density at radius 2 is 2.00 bits per heavy atom. The summed E-state index contributed by atoms with van der Waals surface area (Å²) in [7, 11) is 1.92. The standard InChI is InChI=1S/C17H15BrClNO/c1-10-4-3-5-11-8-15(21-17(10)11)16(20-2)13-7-6-12(19)9-14(13)18/h3-9,16,20H,1-2H3. The summed E-state index contributed by atoms with van der Waals surface area (Å²) in [5, 5.41) is 5.14. The molecule has 0 aliphatic carbocycles. The van der Waals surface area contributed by atoms with Crippen LogP contribution in [0.1, 0.15) is 22.9 Å². The minimum Gasteiger partial charge on any atom is -0.459 e. The first-order valence-corrected chi connectivity index (χ1v) is 7.88. The number of fused-ring (bicyclic) bond motifs is 1. The van der Waals surface area contributed by atoms with Gasteiger partial charge in [-0.2, -0.15) is 0 Å². The monoisotopic (exact) mass is 363 g/mol. The molecule has 0 radical (unpaired) electrons. The number of nitrogens with one attached hydrogen (secondary N) is 1. The summed E-state index contributed by atoms with van der Waals surface area (Å²) in [5.74, 6) is 0.893. The molecular formula is C17H15BrClNO. The van der Waals surface area contributed by atoms with E-state index in [9.17, 15) is 0 Å². The topological polar surface area (TPSA) is 25.2 Å². The van der Waals surface area contributed by atoms with Crippen molar-refractivity contribution in [3.8, 4) is 0 Å². The van der Waals surface area contributed by atoms with Crippen LogP contribution in [0.5, 0.6) is 0 Å². The Bertz CT molecular complexity index is 797. The maximum atomic E-state index is 6.08. The molecule has 108 valence electrons. The Morgan fingerprint density at radius 1 is 1.19 bits per heavy atom. The molecule has 0 spiro atoms. The average Bonchev–Trinajstić information content (AvgIpc) is 2.87. The van der Waals surface area contributed by atoms with E-state index in [0.29, 0.717) is 5.02 Å². The molecule has 0 amide bonds. The molecule has 1 N–H and O–H groups in total. The van der Waals surface area contributed by atoms with E-state index in [1.807, 2.05) is 31.3 Å². The second kappa shape index (κ2) is 5.84. The van der Waals surface area contributed by atoms with E-state index in [1.54, 1.807) is 0 Å². The van der Waals surface area contributed by atoms with Crippen LogP contribution in [0.15, 0.2) is 51.4 Å². The van der Waals surface area contributed by atoms with Crippen molar-refractivity contribution in [1.29, 1.82) is 0 Å². The van der Waals surface area contributed by atoms with Gasteiger partial charge in [-0.25, -0.2) is 0 Å². The molecule has 3 rings (SSSR count). The molecule has 1 atom stereocenters. The number of furan rings is 1.